The summed E-state index contributed by atoms with van der Waals surface area (Å²) in [5.74, 6) is -0.951. The Kier molecular flexibility index (Phi) is 7.03. The number of aromatic nitrogens is 1. The number of nitro benzene ring substituents is 1. The van der Waals surface area contributed by atoms with Gasteiger partial charge in [0.1, 0.15) is 0 Å². The quantitative estimate of drug-likeness (QED) is 0.400. The number of para-hydroxylation sites is 1. The van der Waals surface area contributed by atoms with Crippen LogP contribution < -0.4 is 10.6 Å². The Morgan fingerprint density at radius 3 is 2.48 bits per heavy atom. The van der Waals surface area contributed by atoms with Crippen molar-refractivity contribution in [2.24, 2.45) is 0 Å². The molecule has 0 aliphatic rings. The third-order valence-electron chi connectivity index (χ3n) is 4.37. The van der Waals surface area contributed by atoms with Crippen LogP contribution in [0.4, 0.5) is 11.4 Å². The number of anilines is 1. The zero-order valence-corrected chi connectivity index (χ0v) is 18.7. The number of hydrogen-bond donors (Lipinski definition) is 2. The Bertz CT molecular complexity index is 1140. The van der Waals surface area contributed by atoms with Crippen molar-refractivity contribution in [1.82, 2.24) is 10.3 Å². The first-order valence-electron chi connectivity index (χ1n) is 9.27. The molecule has 2 N–H and O–H groups in total. The Balaban J connectivity index is 1.67. The van der Waals surface area contributed by atoms with Gasteiger partial charge in [-0.15, -0.1) is 11.3 Å². The molecule has 3 rings (SSSR count). The highest BCUT2D eigenvalue weighted by atomic mass is 32.2. The van der Waals surface area contributed by atoms with E-state index in [4.69, 9.17) is 0 Å². The average molecular weight is 457 g/mol. The van der Waals surface area contributed by atoms with Crippen LogP contribution in [0, 0.1) is 30.9 Å². The van der Waals surface area contributed by atoms with E-state index in [1.54, 1.807) is 0 Å². The molecule has 2 aromatic carbocycles. The predicted octanol–water partition coefficient (Wildman–Crippen LogP) is 4.50. The van der Waals surface area contributed by atoms with Crippen molar-refractivity contribution in [3.8, 4) is 0 Å². The Morgan fingerprint density at radius 2 is 1.87 bits per heavy atom. The topological polar surface area (TPSA) is 114 Å². The first-order valence-corrected chi connectivity index (χ1v) is 11.0. The number of carbonyl (C=O) groups excluding carboxylic acids is 2. The number of aryl methyl sites for hydroxylation is 3. The third-order valence-corrected chi connectivity index (χ3v) is 6.49. The number of nitrogens with one attached hydrogen (secondary N) is 2. The zero-order valence-electron chi connectivity index (χ0n) is 17.1. The van der Waals surface area contributed by atoms with E-state index >= 15 is 0 Å². The van der Waals surface area contributed by atoms with E-state index < -0.39 is 10.8 Å². The lowest BCUT2D eigenvalue weighted by Crippen LogP contribution is -2.33. The number of nitrogens with zero attached hydrogens (tertiary/aromatic N) is 2. The molecular weight excluding hydrogens is 436 g/mol. The van der Waals surface area contributed by atoms with Gasteiger partial charge in [0.15, 0.2) is 4.34 Å². The van der Waals surface area contributed by atoms with Crippen molar-refractivity contribution in [3.63, 3.8) is 0 Å². The third kappa shape index (κ3) is 5.68. The molecule has 3 aromatic rings. The van der Waals surface area contributed by atoms with Gasteiger partial charge < -0.3 is 10.6 Å². The smallest absolute Gasteiger partial charge is 0.284 e. The van der Waals surface area contributed by atoms with Crippen molar-refractivity contribution in [2.45, 2.75) is 30.0 Å². The summed E-state index contributed by atoms with van der Waals surface area (Å²) in [4.78, 5) is 40.4. The molecule has 0 radical (unpaired) electrons. The molecule has 0 unspecified atom stereocenters. The number of benzene rings is 2. The van der Waals surface area contributed by atoms with Gasteiger partial charge in [0, 0.05) is 28.4 Å². The molecule has 2 amide bonds. The van der Waals surface area contributed by atoms with Gasteiger partial charge in [0.25, 0.3) is 11.6 Å². The lowest BCUT2D eigenvalue weighted by molar-refractivity contribution is -0.387. The van der Waals surface area contributed by atoms with Crippen LogP contribution in [0.3, 0.4) is 0 Å². The SMILES string of the molecule is Cc1csc(Sc2ccc(C(=O)NCC(=O)Nc3c(C)cccc3C)cc2[N+](=O)[O-])n1. The minimum atomic E-state index is -0.568. The van der Waals surface area contributed by atoms with Crippen molar-refractivity contribution in [2.75, 3.05) is 11.9 Å². The Labute approximate surface area is 187 Å². The molecule has 1 heterocycles. The summed E-state index contributed by atoms with van der Waals surface area (Å²) in [5.41, 5.74) is 3.29. The second kappa shape index (κ2) is 9.71. The maximum Gasteiger partial charge on any atom is 0.284 e. The first kappa shape index (κ1) is 22.4. The standard InChI is InChI=1S/C21H20N4O4S2/c1-12-5-4-6-13(2)19(12)24-18(26)10-22-20(27)15-7-8-17(16(9-15)25(28)29)31-21-23-14(3)11-30-21/h4-9,11H,10H2,1-3H3,(H,22,27)(H,24,26). The minimum Gasteiger partial charge on any atom is -0.343 e. The first-order chi connectivity index (χ1) is 14.7. The maximum atomic E-state index is 12.5. The molecule has 0 aliphatic heterocycles. The highest BCUT2D eigenvalue weighted by Crippen LogP contribution is 2.36. The highest BCUT2D eigenvalue weighted by Gasteiger charge is 2.20. The maximum absolute atomic E-state index is 12.5. The van der Waals surface area contributed by atoms with Crippen molar-refractivity contribution < 1.29 is 14.5 Å². The zero-order chi connectivity index (χ0) is 22.5. The van der Waals surface area contributed by atoms with E-state index in [-0.39, 0.29) is 23.7 Å². The summed E-state index contributed by atoms with van der Waals surface area (Å²) >= 11 is 2.57. The largest absolute Gasteiger partial charge is 0.343 e. The highest BCUT2D eigenvalue weighted by molar-refractivity contribution is 8.01. The lowest BCUT2D eigenvalue weighted by atomic mass is 10.1. The molecular formula is C21H20N4O4S2. The second-order valence-electron chi connectivity index (χ2n) is 6.79. The molecule has 1 aromatic heterocycles. The number of hydrogen-bond acceptors (Lipinski definition) is 7. The van der Waals surface area contributed by atoms with Crippen molar-refractivity contribution >= 4 is 46.3 Å². The monoisotopic (exact) mass is 456 g/mol. The summed E-state index contributed by atoms with van der Waals surface area (Å²) in [6, 6.07) is 9.88. The molecule has 0 aliphatic carbocycles. The fourth-order valence-electron chi connectivity index (χ4n) is 2.82. The molecule has 0 saturated heterocycles. The van der Waals surface area contributed by atoms with E-state index in [0.29, 0.717) is 14.9 Å². The number of amides is 2. The van der Waals surface area contributed by atoms with Crippen LogP contribution >= 0.6 is 23.1 Å². The van der Waals surface area contributed by atoms with Gasteiger partial charge in [-0.1, -0.05) is 30.0 Å². The molecule has 10 heteroatoms. The van der Waals surface area contributed by atoms with E-state index in [0.717, 1.165) is 16.8 Å². The molecule has 0 spiro atoms. The molecule has 0 bridgehead atoms. The van der Waals surface area contributed by atoms with Gasteiger partial charge in [0.2, 0.25) is 5.91 Å². The summed E-state index contributed by atoms with van der Waals surface area (Å²) in [6.07, 6.45) is 0. The fraction of sp³-hybridized carbons (Fsp3) is 0.190. The van der Waals surface area contributed by atoms with E-state index in [9.17, 15) is 19.7 Å². The normalized spacial score (nSPS) is 10.5. The summed E-state index contributed by atoms with van der Waals surface area (Å²) in [6.45, 7) is 5.36. The number of nitro groups is 1. The molecule has 160 valence electrons. The fourth-order valence-corrected chi connectivity index (χ4v) is 4.70. The molecule has 0 atom stereocenters. The van der Waals surface area contributed by atoms with Crippen LogP contribution in [0.25, 0.3) is 0 Å². The van der Waals surface area contributed by atoms with Crippen LogP contribution in [0.2, 0.25) is 0 Å². The summed E-state index contributed by atoms with van der Waals surface area (Å²) in [5, 5.41) is 18.7. The number of thiazole rings is 1. The molecule has 0 saturated carbocycles. The van der Waals surface area contributed by atoms with Crippen molar-refractivity contribution in [3.05, 3.63) is 74.3 Å². The lowest BCUT2D eigenvalue weighted by Gasteiger charge is -2.12. The Hall–Kier alpha value is -3.24. The van der Waals surface area contributed by atoms with Crippen LogP contribution in [0.5, 0.6) is 0 Å². The number of carbonyl (C=O) groups is 2. The molecule has 8 nitrogen and oxygen atoms in total. The summed E-state index contributed by atoms with van der Waals surface area (Å²) in [7, 11) is 0. The number of rotatable bonds is 7. The Morgan fingerprint density at radius 1 is 1.16 bits per heavy atom. The van der Waals surface area contributed by atoms with Crippen LogP contribution in [-0.2, 0) is 4.79 Å². The second-order valence-corrected chi connectivity index (χ2v) is 8.94. The van der Waals surface area contributed by atoms with Gasteiger partial charge in [-0.05, 0) is 44.0 Å². The van der Waals surface area contributed by atoms with Crippen LogP contribution in [0.15, 0.2) is 51.0 Å². The van der Waals surface area contributed by atoms with Gasteiger partial charge in [-0.25, -0.2) is 4.98 Å². The van der Waals surface area contributed by atoms with Gasteiger partial charge in [0.05, 0.1) is 16.4 Å². The van der Waals surface area contributed by atoms with Crippen LogP contribution in [-0.4, -0.2) is 28.3 Å². The molecule has 31 heavy (non-hydrogen) atoms. The van der Waals surface area contributed by atoms with Gasteiger partial charge in [-0.2, -0.15) is 0 Å². The summed E-state index contributed by atoms with van der Waals surface area (Å²) < 4.78 is 0.681. The van der Waals surface area contributed by atoms with E-state index in [1.165, 1.54) is 41.3 Å². The van der Waals surface area contributed by atoms with Gasteiger partial charge in [-0.3, -0.25) is 19.7 Å². The average Bonchev–Trinajstić information content (AvgIpc) is 3.13. The minimum absolute atomic E-state index is 0.103. The van der Waals surface area contributed by atoms with Gasteiger partial charge >= 0.3 is 0 Å². The predicted molar refractivity (Wildman–Crippen MR) is 121 cm³/mol. The van der Waals surface area contributed by atoms with Crippen LogP contribution in [0.1, 0.15) is 27.2 Å². The van der Waals surface area contributed by atoms with E-state index in [1.807, 2.05) is 44.4 Å². The van der Waals surface area contributed by atoms with E-state index in [2.05, 4.69) is 15.6 Å². The van der Waals surface area contributed by atoms with Crippen molar-refractivity contribution in [1.29, 1.82) is 0 Å². The molecule has 0 fully saturated rings.